The maximum atomic E-state index is 11.6. The van der Waals surface area contributed by atoms with Gasteiger partial charge in [-0.15, -0.1) is 0 Å². The molecule has 0 atom stereocenters. The molecule has 1 amide bonds. The SMILES string of the molecule is CCNC(=O)Oc1cc(OC)c(OC)c2ccccc12. The molecule has 1 N–H and O–H groups in total. The minimum atomic E-state index is -0.495. The van der Waals surface area contributed by atoms with E-state index < -0.39 is 6.09 Å². The van der Waals surface area contributed by atoms with Crippen molar-refractivity contribution in [2.45, 2.75) is 6.92 Å². The molecule has 0 aliphatic carbocycles. The summed E-state index contributed by atoms with van der Waals surface area (Å²) in [5.74, 6) is 1.57. The number of carbonyl (C=O) groups excluding carboxylic acids is 1. The van der Waals surface area contributed by atoms with Crippen LogP contribution in [-0.4, -0.2) is 26.9 Å². The van der Waals surface area contributed by atoms with Gasteiger partial charge in [-0.1, -0.05) is 24.3 Å². The van der Waals surface area contributed by atoms with Gasteiger partial charge in [0.15, 0.2) is 11.5 Å². The van der Waals surface area contributed by atoms with E-state index in [-0.39, 0.29) is 0 Å². The summed E-state index contributed by atoms with van der Waals surface area (Å²) >= 11 is 0. The highest BCUT2D eigenvalue weighted by atomic mass is 16.6. The Bertz CT molecular complexity index is 625. The van der Waals surface area contributed by atoms with E-state index in [0.717, 1.165) is 10.8 Å². The molecule has 2 rings (SSSR count). The van der Waals surface area contributed by atoms with E-state index >= 15 is 0 Å². The summed E-state index contributed by atoms with van der Waals surface area (Å²) in [4.78, 5) is 11.6. The molecule has 0 saturated carbocycles. The lowest BCUT2D eigenvalue weighted by molar-refractivity contribution is 0.201. The first kappa shape index (κ1) is 14.0. The summed E-state index contributed by atoms with van der Waals surface area (Å²) < 4.78 is 16.0. The maximum Gasteiger partial charge on any atom is 0.412 e. The molecule has 5 heteroatoms. The molecule has 0 aliphatic heterocycles. The molecule has 0 aromatic heterocycles. The van der Waals surface area contributed by atoms with Crippen LogP contribution in [0.25, 0.3) is 10.8 Å². The third kappa shape index (κ3) is 2.61. The van der Waals surface area contributed by atoms with Crippen molar-refractivity contribution in [3.05, 3.63) is 30.3 Å². The highest BCUT2D eigenvalue weighted by Crippen LogP contribution is 2.41. The van der Waals surface area contributed by atoms with Gasteiger partial charge in [0.25, 0.3) is 0 Å². The van der Waals surface area contributed by atoms with E-state index in [2.05, 4.69) is 5.32 Å². The molecule has 20 heavy (non-hydrogen) atoms. The van der Waals surface area contributed by atoms with Gasteiger partial charge in [0, 0.05) is 23.4 Å². The number of benzene rings is 2. The second-order valence-electron chi connectivity index (χ2n) is 4.08. The maximum absolute atomic E-state index is 11.6. The van der Waals surface area contributed by atoms with E-state index in [4.69, 9.17) is 14.2 Å². The van der Waals surface area contributed by atoms with Crippen LogP contribution in [0, 0.1) is 0 Å². The highest BCUT2D eigenvalue weighted by Gasteiger charge is 2.15. The normalized spacial score (nSPS) is 10.2. The third-order valence-corrected chi connectivity index (χ3v) is 2.87. The molecule has 0 radical (unpaired) electrons. The second-order valence-corrected chi connectivity index (χ2v) is 4.08. The number of rotatable bonds is 4. The zero-order valence-corrected chi connectivity index (χ0v) is 11.7. The summed E-state index contributed by atoms with van der Waals surface area (Å²) in [7, 11) is 3.12. The minimum absolute atomic E-state index is 0.434. The highest BCUT2D eigenvalue weighted by molar-refractivity contribution is 5.96. The molecule has 106 valence electrons. The molecule has 0 bridgehead atoms. The predicted octanol–water partition coefficient (Wildman–Crippen LogP) is 2.97. The van der Waals surface area contributed by atoms with Crippen molar-refractivity contribution in [3.8, 4) is 17.2 Å². The van der Waals surface area contributed by atoms with Crippen LogP contribution < -0.4 is 19.5 Å². The average Bonchev–Trinajstić information content (AvgIpc) is 2.47. The van der Waals surface area contributed by atoms with E-state index in [9.17, 15) is 4.79 Å². The zero-order chi connectivity index (χ0) is 14.5. The van der Waals surface area contributed by atoms with Crippen molar-refractivity contribution in [3.63, 3.8) is 0 Å². The van der Waals surface area contributed by atoms with Gasteiger partial charge in [-0.3, -0.25) is 0 Å². The molecular weight excluding hydrogens is 258 g/mol. The number of ether oxygens (including phenoxy) is 3. The van der Waals surface area contributed by atoms with Crippen LogP contribution in [0.2, 0.25) is 0 Å². The second kappa shape index (κ2) is 6.14. The van der Waals surface area contributed by atoms with Crippen LogP contribution in [0.3, 0.4) is 0 Å². The summed E-state index contributed by atoms with van der Waals surface area (Å²) in [6.45, 7) is 2.33. The Morgan fingerprint density at radius 2 is 1.80 bits per heavy atom. The zero-order valence-electron chi connectivity index (χ0n) is 11.7. The van der Waals surface area contributed by atoms with Gasteiger partial charge in [0.1, 0.15) is 5.75 Å². The molecule has 0 aliphatic rings. The molecule has 0 fully saturated rings. The van der Waals surface area contributed by atoms with Gasteiger partial charge in [0.2, 0.25) is 0 Å². The van der Waals surface area contributed by atoms with Crippen LogP contribution in [-0.2, 0) is 0 Å². The van der Waals surface area contributed by atoms with Crippen LogP contribution in [0.15, 0.2) is 30.3 Å². The first-order chi connectivity index (χ1) is 9.71. The summed E-state index contributed by atoms with van der Waals surface area (Å²) in [5, 5.41) is 4.21. The molecule has 0 heterocycles. The topological polar surface area (TPSA) is 56.8 Å². The summed E-state index contributed by atoms with van der Waals surface area (Å²) in [6.07, 6.45) is -0.495. The van der Waals surface area contributed by atoms with Crippen molar-refractivity contribution in [1.82, 2.24) is 5.32 Å². The van der Waals surface area contributed by atoms with Gasteiger partial charge in [-0.2, -0.15) is 0 Å². The number of methoxy groups -OCH3 is 2. The van der Waals surface area contributed by atoms with Gasteiger partial charge >= 0.3 is 6.09 Å². The number of hydrogen-bond acceptors (Lipinski definition) is 4. The van der Waals surface area contributed by atoms with Crippen LogP contribution >= 0.6 is 0 Å². The van der Waals surface area contributed by atoms with E-state index in [0.29, 0.717) is 23.8 Å². The number of amides is 1. The molecular formula is C15H17NO4. The van der Waals surface area contributed by atoms with Crippen molar-refractivity contribution >= 4 is 16.9 Å². The summed E-state index contributed by atoms with van der Waals surface area (Å²) in [6, 6.07) is 9.17. The average molecular weight is 275 g/mol. The lowest BCUT2D eigenvalue weighted by atomic mass is 10.1. The number of carbonyl (C=O) groups is 1. The molecule has 2 aromatic carbocycles. The number of hydrogen-bond donors (Lipinski definition) is 1. The summed E-state index contributed by atoms with van der Waals surface area (Å²) in [5.41, 5.74) is 0. The minimum Gasteiger partial charge on any atom is -0.493 e. The standard InChI is InChI=1S/C15H17NO4/c1-4-16-15(17)20-12-9-13(18-2)14(19-3)11-8-6-5-7-10(11)12/h5-9H,4H2,1-3H3,(H,16,17). The Balaban J connectivity index is 2.56. The van der Waals surface area contributed by atoms with Gasteiger partial charge in [-0.05, 0) is 6.92 Å². The molecule has 0 saturated heterocycles. The van der Waals surface area contributed by atoms with Crippen LogP contribution in [0.5, 0.6) is 17.2 Å². The van der Waals surface area contributed by atoms with E-state index in [1.807, 2.05) is 31.2 Å². The number of nitrogens with one attached hydrogen (secondary N) is 1. The fourth-order valence-electron chi connectivity index (χ4n) is 2.02. The first-order valence-electron chi connectivity index (χ1n) is 6.30. The lowest BCUT2D eigenvalue weighted by Gasteiger charge is -2.14. The Morgan fingerprint density at radius 1 is 1.10 bits per heavy atom. The van der Waals surface area contributed by atoms with Gasteiger partial charge < -0.3 is 19.5 Å². The number of fused-ring (bicyclic) bond motifs is 1. The van der Waals surface area contributed by atoms with Crippen molar-refractivity contribution in [2.24, 2.45) is 0 Å². The Morgan fingerprint density at radius 3 is 2.40 bits per heavy atom. The fourth-order valence-corrected chi connectivity index (χ4v) is 2.02. The van der Waals surface area contributed by atoms with E-state index in [1.165, 1.54) is 0 Å². The first-order valence-corrected chi connectivity index (χ1v) is 6.30. The molecule has 0 spiro atoms. The van der Waals surface area contributed by atoms with Gasteiger partial charge in [0.05, 0.1) is 14.2 Å². The fraction of sp³-hybridized carbons (Fsp3) is 0.267. The Kier molecular flexibility index (Phi) is 4.30. The Hall–Kier alpha value is -2.43. The quantitative estimate of drug-likeness (QED) is 0.932. The third-order valence-electron chi connectivity index (χ3n) is 2.87. The van der Waals surface area contributed by atoms with E-state index in [1.54, 1.807) is 20.3 Å². The smallest absolute Gasteiger partial charge is 0.412 e. The van der Waals surface area contributed by atoms with Crippen molar-refractivity contribution in [1.29, 1.82) is 0 Å². The predicted molar refractivity (Wildman–Crippen MR) is 76.8 cm³/mol. The molecule has 0 unspecified atom stereocenters. The molecule has 2 aromatic rings. The van der Waals surface area contributed by atoms with Crippen LogP contribution in [0.4, 0.5) is 4.79 Å². The van der Waals surface area contributed by atoms with Crippen molar-refractivity contribution in [2.75, 3.05) is 20.8 Å². The largest absolute Gasteiger partial charge is 0.493 e. The van der Waals surface area contributed by atoms with Crippen molar-refractivity contribution < 1.29 is 19.0 Å². The lowest BCUT2D eigenvalue weighted by Crippen LogP contribution is -2.26. The van der Waals surface area contributed by atoms with Crippen LogP contribution in [0.1, 0.15) is 6.92 Å². The monoisotopic (exact) mass is 275 g/mol. The molecule has 5 nitrogen and oxygen atoms in total. The Labute approximate surface area is 117 Å². The van der Waals surface area contributed by atoms with Gasteiger partial charge in [-0.25, -0.2) is 4.79 Å².